The standard InChI is InChI=1S/C14H22N4O/c1-5-7-15-9-12-8-13(19-17-12)14-10(3)16-18(6-2)11(14)4/h8,15H,5-7,9H2,1-4H3. The molecule has 2 heterocycles. The first-order valence-electron chi connectivity index (χ1n) is 6.88. The van der Waals surface area contributed by atoms with Gasteiger partial charge in [0.1, 0.15) is 0 Å². The molecule has 2 rings (SSSR count). The molecule has 0 spiro atoms. The first-order valence-corrected chi connectivity index (χ1v) is 6.88. The summed E-state index contributed by atoms with van der Waals surface area (Å²) in [5, 5.41) is 11.9. The number of hydrogen-bond donors (Lipinski definition) is 1. The third kappa shape index (κ3) is 2.87. The van der Waals surface area contributed by atoms with Gasteiger partial charge in [-0.3, -0.25) is 4.68 Å². The molecule has 0 aliphatic carbocycles. The minimum atomic E-state index is 0.747. The Labute approximate surface area is 114 Å². The first-order chi connectivity index (χ1) is 9.17. The number of aromatic nitrogens is 3. The van der Waals surface area contributed by atoms with Crippen LogP contribution in [0.3, 0.4) is 0 Å². The van der Waals surface area contributed by atoms with Gasteiger partial charge >= 0.3 is 0 Å². The van der Waals surface area contributed by atoms with E-state index in [9.17, 15) is 0 Å². The van der Waals surface area contributed by atoms with Crippen LogP contribution >= 0.6 is 0 Å². The van der Waals surface area contributed by atoms with Gasteiger partial charge in [0.15, 0.2) is 5.76 Å². The summed E-state index contributed by atoms with van der Waals surface area (Å²) in [5.74, 6) is 0.808. The second-order valence-electron chi connectivity index (χ2n) is 4.72. The summed E-state index contributed by atoms with van der Waals surface area (Å²) >= 11 is 0. The molecule has 0 aliphatic rings. The second kappa shape index (κ2) is 6.02. The molecule has 0 saturated carbocycles. The van der Waals surface area contributed by atoms with Crippen molar-refractivity contribution in [1.29, 1.82) is 0 Å². The van der Waals surface area contributed by atoms with Gasteiger partial charge in [-0.15, -0.1) is 0 Å². The molecular weight excluding hydrogens is 240 g/mol. The fourth-order valence-electron chi connectivity index (χ4n) is 2.27. The predicted octanol–water partition coefficient (Wildman–Crippen LogP) is 2.67. The van der Waals surface area contributed by atoms with Crippen LogP contribution in [-0.4, -0.2) is 21.5 Å². The van der Waals surface area contributed by atoms with Gasteiger partial charge in [-0.1, -0.05) is 12.1 Å². The van der Waals surface area contributed by atoms with Gasteiger partial charge in [-0.25, -0.2) is 0 Å². The second-order valence-corrected chi connectivity index (χ2v) is 4.72. The minimum Gasteiger partial charge on any atom is -0.356 e. The van der Waals surface area contributed by atoms with Crippen LogP contribution in [0.4, 0.5) is 0 Å². The van der Waals surface area contributed by atoms with Crippen LogP contribution in [0.2, 0.25) is 0 Å². The van der Waals surface area contributed by atoms with Gasteiger partial charge in [0.2, 0.25) is 0 Å². The highest BCUT2D eigenvalue weighted by molar-refractivity contribution is 5.63. The van der Waals surface area contributed by atoms with Crippen LogP contribution in [0.1, 0.15) is 37.4 Å². The Bertz CT molecular complexity index is 542. The molecule has 104 valence electrons. The molecule has 2 aromatic heterocycles. The lowest BCUT2D eigenvalue weighted by Crippen LogP contribution is -2.13. The van der Waals surface area contributed by atoms with Crippen molar-refractivity contribution < 1.29 is 4.52 Å². The Hall–Kier alpha value is -1.62. The number of nitrogens with one attached hydrogen (secondary N) is 1. The van der Waals surface area contributed by atoms with Crippen molar-refractivity contribution in [3.05, 3.63) is 23.1 Å². The van der Waals surface area contributed by atoms with Crippen LogP contribution in [0.5, 0.6) is 0 Å². The van der Waals surface area contributed by atoms with Crippen molar-refractivity contribution in [3.63, 3.8) is 0 Å². The van der Waals surface area contributed by atoms with Gasteiger partial charge in [0.05, 0.1) is 17.0 Å². The van der Waals surface area contributed by atoms with E-state index in [4.69, 9.17) is 4.52 Å². The van der Waals surface area contributed by atoms with Crippen molar-refractivity contribution >= 4 is 0 Å². The van der Waals surface area contributed by atoms with Gasteiger partial charge < -0.3 is 9.84 Å². The van der Waals surface area contributed by atoms with Crippen LogP contribution in [0.15, 0.2) is 10.6 Å². The lowest BCUT2D eigenvalue weighted by molar-refractivity contribution is 0.419. The van der Waals surface area contributed by atoms with E-state index < -0.39 is 0 Å². The molecule has 0 unspecified atom stereocenters. The number of nitrogens with zero attached hydrogens (tertiary/aromatic N) is 3. The van der Waals surface area contributed by atoms with E-state index in [2.05, 4.69) is 36.3 Å². The zero-order valence-corrected chi connectivity index (χ0v) is 12.2. The fraction of sp³-hybridized carbons (Fsp3) is 0.571. The average Bonchev–Trinajstić information content (AvgIpc) is 2.94. The zero-order chi connectivity index (χ0) is 13.8. The molecule has 0 radical (unpaired) electrons. The largest absolute Gasteiger partial charge is 0.356 e. The Kier molecular flexibility index (Phi) is 4.37. The minimum absolute atomic E-state index is 0.747. The molecule has 0 bridgehead atoms. The summed E-state index contributed by atoms with van der Waals surface area (Å²) in [6.45, 7) is 10.9. The van der Waals surface area contributed by atoms with Crippen LogP contribution in [-0.2, 0) is 13.1 Å². The zero-order valence-electron chi connectivity index (χ0n) is 12.2. The lowest BCUT2D eigenvalue weighted by atomic mass is 10.1. The van der Waals surface area contributed by atoms with Crippen molar-refractivity contribution in [1.82, 2.24) is 20.3 Å². The highest BCUT2D eigenvalue weighted by Crippen LogP contribution is 2.27. The SMILES string of the molecule is CCCNCc1cc(-c2c(C)nn(CC)c2C)on1. The van der Waals surface area contributed by atoms with Crippen molar-refractivity contribution in [2.24, 2.45) is 0 Å². The normalized spacial score (nSPS) is 11.2. The number of rotatable bonds is 6. The van der Waals surface area contributed by atoms with Crippen LogP contribution in [0, 0.1) is 13.8 Å². The monoisotopic (exact) mass is 262 g/mol. The molecule has 0 aliphatic heterocycles. The molecule has 0 saturated heterocycles. The molecule has 0 atom stereocenters. The fourth-order valence-corrected chi connectivity index (χ4v) is 2.27. The Balaban J connectivity index is 2.20. The van der Waals surface area contributed by atoms with Gasteiger partial charge in [0, 0.05) is 24.8 Å². The maximum atomic E-state index is 5.46. The number of hydrogen-bond acceptors (Lipinski definition) is 4. The van der Waals surface area contributed by atoms with E-state index in [1.807, 2.05) is 17.7 Å². The molecule has 1 N–H and O–H groups in total. The summed E-state index contributed by atoms with van der Waals surface area (Å²) in [7, 11) is 0. The average molecular weight is 262 g/mol. The molecular formula is C14H22N4O. The molecule has 0 fully saturated rings. The summed E-state index contributed by atoms with van der Waals surface area (Å²) < 4.78 is 7.45. The smallest absolute Gasteiger partial charge is 0.170 e. The molecule has 0 aromatic carbocycles. The van der Waals surface area contributed by atoms with E-state index in [0.717, 1.165) is 54.5 Å². The Morgan fingerprint density at radius 2 is 2.11 bits per heavy atom. The summed E-state index contributed by atoms with van der Waals surface area (Å²) in [4.78, 5) is 0. The maximum Gasteiger partial charge on any atom is 0.170 e. The van der Waals surface area contributed by atoms with Crippen LogP contribution < -0.4 is 5.32 Å². The molecule has 5 nitrogen and oxygen atoms in total. The van der Waals surface area contributed by atoms with Gasteiger partial charge in [-0.2, -0.15) is 5.10 Å². The Morgan fingerprint density at radius 1 is 1.32 bits per heavy atom. The van der Waals surface area contributed by atoms with Crippen molar-refractivity contribution in [2.75, 3.05) is 6.54 Å². The van der Waals surface area contributed by atoms with Crippen molar-refractivity contribution in [2.45, 2.75) is 47.2 Å². The molecule has 0 amide bonds. The molecule has 19 heavy (non-hydrogen) atoms. The van der Waals surface area contributed by atoms with E-state index in [1.165, 1.54) is 0 Å². The number of aryl methyl sites for hydroxylation is 2. The van der Waals surface area contributed by atoms with E-state index in [0.29, 0.717) is 0 Å². The molecule has 2 aromatic rings. The van der Waals surface area contributed by atoms with E-state index in [-0.39, 0.29) is 0 Å². The summed E-state index contributed by atoms with van der Waals surface area (Å²) in [5.41, 5.74) is 4.12. The van der Waals surface area contributed by atoms with Crippen molar-refractivity contribution in [3.8, 4) is 11.3 Å². The summed E-state index contributed by atoms with van der Waals surface area (Å²) in [6.07, 6.45) is 1.12. The predicted molar refractivity (Wildman–Crippen MR) is 74.9 cm³/mol. The van der Waals surface area contributed by atoms with E-state index >= 15 is 0 Å². The summed E-state index contributed by atoms with van der Waals surface area (Å²) in [6, 6.07) is 2.00. The van der Waals surface area contributed by atoms with Gasteiger partial charge in [0.25, 0.3) is 0 Å². The highest BCUT2D eigenvalue weighted by Gasteiger charge is 2.16. The van der Waals surface area contributed by atoms with Gasteiger partial charge in [-0.05, 0) is 33.7 Å². The molecule has 5 heteroatoms. The quantitative estimate of drug-likeness (QED) is 0.813. The third-order valence-electron chi connectivity index (χ3n) is 3.22. The topological polar surface area (TPSA) is 55.9 Å². The Morgan fingerprint density at radius 3 is 2.74 bits per heavy atom. The highest BCUT2D eigenvalue weighted by atomic mass is 16.5. The lowest BCUT2D eigenvalue weighted by Gasteiger charge is -1.99. The third-order valence-corrected chi connectivity index (χ3v) is 3.22. The maximum absolute atomic E-state index is 5.46. The van der Waals surface area contributed by atoms with Crippen LogP contribution in [0.25, 0.3) is 11.3 Å². The first kappa shape index (κ1) is 13.8. The van der Waals surface area contributed by atoms with E-state index in [1.54, 1.807) is 0 Å².